The van der Waals surface area contributed by atoms with E-state index in [1.165, 1.54) is 29.2 Å². The second kappa shape index (κ2) is 8.90. The lowest BCUT2D eigenvalue weighted by Crippen LogP contribution is -2.33. The third kappa shape index (κ3) is 4.37. The molecule has 0 aliphatic carbocycles. The summed E-state index contributed by atoms with van der Waals surface area (Å²) in [6.45, 7) is 7.68. The van der Waals surface area contributed by atoms with Crippen LogP contribution in [0.15, 0.2) is 72.4 Å². The van der Waals surface area contributed by atoms with Crippen LogP contribution in [0.4, 0.5) is 15.8 Å². The summed E-state index contributed by atoms with van der Waals surface area (Å²) in [6, 6.07) is 18.2. The lowest BCUT2D eigenvalue weighted by Gasteiger charge is -2.19. The number of nitrogens with one attached hydrogen (secondary N) is 1. The Morgan fingerprint density at radius 3 is 2.18 bits per heavy atom. The lowest BCUT2D eigenvalue weighted by molar-refractivity contribution is -0.120. The SMILES string of the molecule is Cc1cccc(N2C(=O)C(Nc3ccc(F)cc3)=C(c3ccc(OC(C)C)cc3)C2=O)c1C. The Hall–Kier alpha value is -3.93. The molecule has 0 fully saturated rings. The molecule has 0 saturated heterocycles. The zero-order valence-electron chi connectivity index (χ0n) is 19.0. The normalized spacial score (nSPS) is 13.8. The topological polar surface area (TPSA) is 58.6 Å². The number of carbonyl (C=O) groups is 2. The summed E-state index contributed by atoms with van der Waals surface area (Å²) >= 11 is 0. The predicted molar refractivity (Wildman–Crippen MR) is 128 cm³/mol. The van der Waals surface area contributed by atoms with Crippen molar-refractivity contribution in [2.45, 2.75) is 33.8 Å². The first-order valence-electron chi connectivity index (χ1n) is 10.7. The van der Waals surface area contributed by atoms with Crippen molar-refractivity contribution >= 4 is 28.8 Å². The first kappa shape index (κ1) is 22.3. The van der Waals surface area contributed by atoms with E-state index >= 15 is 0 Å². The van der Waals surface area contributed by atoms with E-state index in [4.69, 9.17) is 4.74 Å². The van der Waals surface area contributed by atoms with Crippen LogP contribution in [0.3, 0.4) is 0 Å². The molecular formula is C27H25FN2O3. The van der Waals surface area contributed by atoms with Crippen LogP contribution in [-0.2, 0) is 9.59 Å². The smallest absolute Gasteiger partial charge is 0.282 e. The van der Waals surface area contributed by atoms with E-state index in [1.807, 2.05) is 39.8 Å². The fourth-order valence-electron chi connectivity index (χ4n) is 3.76. The van der Waals surface area contributed by atoms with Crippen LogP contribution < -0.4 is 15.0 Å². The zero-order valence-corrected chi connectivity index (χ0v) is 19.0. The molecule has 0 spiro atoms. The standard InChI is InChI=1S/C27H25FN2O3/c1-16(2)33-22-14-8-19(9-15-22)24-25(29-21-12-10-20(28)11-13-21)27(32)30(26(24)31)23-7-5-6-17(3)18(23)4/h5-16,29H,1-4H3. The molecule has 33 heavy (non-hydrogen) atoms. The average molecular weight is 445 g/mol. The fourth-order valence-corrected chi connectivity index (χ4v) is 3.76. The van der Waals surface area contributed by atoms with Gasteiger partial charge in [-0.05, 0) is 86.8 Å². The molecule has 0 atom stereocenters. The molecule has 4 rings (SSSR count). The largest absolute Gasteiger partial charge is 0.491 e. The van der Waals surface area contributed by atoms with Gasteiger partial charge in [-0.2, -0.15) is 0 Å². The van der Waals surface area contributed by atoms with Crippen LogP contribution in [0.2, 0.25) is 0 Å². The highest BCUT2D eigenvalue weighted by molar-refractivity contribution is 6.46. The molecule has 3 aromatic carbocycles. The molecule has 168 valence electrons. The Morgan fingerprint density at radius 1 is 0.879 bits per heavy atom. The molecule has 2 amide bonds. The van der Waals surface area contributed by atoms with Gasteiger partial charge < -0.3 is 10.1 Å². The molecule has 0 bridgehead atoms. The van der Waals surface area contributed by atoms with Crippen LogP contribution in [0.25, 0.3) is 5.57 Å². The first-order chi connectivity index (χ1) is 15.8. The summed E-state index contributed by atoms with van der Waals surface area (Å²) in [4.78, 5) is 28.3. The van der Waals surface area contributed by atoms with E-state index in [1.54, 1.807) is 30.3 Å². The van der Waals surface area contributed by atoms with Gasteiger partial charge in [0.05, 0.1) is 17.4 Å². The molecule has 1 aliphatic rings. The Bertz CT molecular complexity index is 1250. The number of anilines is 2. The van der Waals surface area contributed by atoms with Crippen molar-refractivity contribution in [2.24, 2.45) is 0 Å². The Kier molecular flexibility index (Phi) is 6.01. The quantitative estimate of drug-likeness (QED) is 0.501. The van der Waals surface area contributed by atoms with Gasteiger partial charge in [-0.1, -0.05) is 24.3 Å². The van der Waals surface area contributed by atoms with E-state index < -0.39 is 11.8 Å². The maximum absolute atomic E-state index is 13.6. The number of hydrogen-bond acceptors (Lipinski definition) is 4. The summed E-state index contributed by atoms with van der Waals surface area (Å²) in [7, 11) is 0. The number of hydrogen-bond donors (Lipinski definition) is 1. The van der Waals surface area contributed by atoms with E-state index in [2.05, 4.69) is 5.32 Å². The predicted octanol–water partition coefficient (Wildman–Crippen LogP) is 5.63. The summed E-state index contributed by atoms with van der Waals surface area (Å²) in [5, 5.41) is 3.05. The molecule has 1 N–H and O–H groups in total. The second-order valence-corrected chi connectivity index (χ2v) is 8.24. The summed E-state index contributed by atoms with van der Waals surface area (Å²) in [6.07, 6.45) is 0.0141. The van der Waals surface area contributed by atoms with Crippen LogP contribution in [0, 0.1) is 19.7 Å². The molecule has 1 aliphatic heterocycles. The van der Waals surface area contributed by atoms with Gasteiger partial charge in [0.2, 0.25) is 0 Å². The maximum Gasteiger partial charge on any atom is 0.282 e. The average Bonchev–Trinajstić information content (AvgIpc) is 3.01. The number of imide groups is 1. The number of nitrogens with zero attached hydrogens (tertiary/aromatic N) is 1. The van der Waals surface area contributed by atoms with Crippen LogP contribution >= 0.6 is 0 Å². The van der Waals surface area contributed by atoms with Crippen molar-refractivity contribution in [1.82, 2.24) is 0 Å². The van der Waals surface area contributed by atoms with Gasteiger partial charge in [-0.3, -0.25) is 9.59 Å². The highest BCUT2D eigenvalue weighted by Gasteiger charge is 2.41. The number of ether oxygens (including phenoxy) is 1. The van der Waals surface area contributed by atoms with Crippen LogP contribution in [-0.4, -0.2) is 17.9 Å². The summed E-state index contributed by atoms with van der Waals surface area (Å²) in [5.74, 6) is -0.599. The van der Waals surface area contributed by atoms with E-state index in [-0.39, 0.29) is 23.2 Å². The number of benzene rings is 3. The van der Waals surface area contributed by atoms with E-state index in [9.17, 15) is 14.0 Å². The number of amides is 2. The number of carbonyl (C=O) groups excluding carboxylic acids is 2. The van der Waals surface area contributed by atoms with Crippen molar-refractivity contribution in [3.8, 4) is 5.75 Å². The second-order valence-electron chi connectivity index (χ2n) is 8.24. The molecule has 0 unspecified atom stereocenters. The molecular weight excluding hydrogens is 419 g/mol. The summed E-state index contributed by atoms with van der Waals surface area (Å²) < 4.78 is 19.1. The molecule has 6 heteroatoms. The van der Waals surface area contributed by atoms with Gasteiger partial charge >= 0.3 is 0 Å². The first-order valence-corrected chi connectivity index (χ1v) is 10.7. The van der Waals surface area contributed by atoms with Crippen LogP contribution in [0.1, 0.15) is 30.5 Å². The van der Waals surface area contributed by atoms with Gasteiger partial charge in [-0.25, -0.2) is 9.29 Å². The minimum atomic E-state index is -0.462. The Labute approximate surface area is 192 Å². The maximum atomic E-state index is 13.6. The van der Waals surface area contributed by atoms with Gasteiger partial charge in [0, 0.05) is 5.69 Å². The minimum absolute atomic E-state index is 0.0141. The number of aryl methyl sites for hydroxylation is 1. The van der Waals surface area contributed by atoms with Crippen LogP contribution in [0.5, 0.6) is 5.75 Å². The molecule has 0 saturated carbocycles. The monoisotopic (exact) mass is 444 g/mol. The Morgan fingerprint density at radius 2 is 1.55 bits per heavy atom. The molecule has 0 aromatic heterocycles. The highest BCUT2D eigenvalue weighted by atomic mass is 19.1. The number of rotatable bonds is 6. The molecule has 3 aromatic rings. The van der Waals surface area contributed by atoms with Crippen molar-refractivity contribution < 1.29 is 18.7 Å². The van der Waals surface area contributed by atoms with E-state index in [0.29, 0.717) is 22.7 Å². The lowest BCUT2D eigenvalue weighted by atomic mass is 10.0. The van der Waals surface area contributed by atoms with Gasteiger partial charge in [0.15, 0.2) is 0 Å². The third-order valence-electron chi connectivity index (χ3n) is 5.53. The van der Waals surface area contributed by atoms with Gasteiger partial charge in [0.1, 0.15) is 17.3 Å². The van der Waals surface area contributed by atoms with Gasteiger partial charge in [0.25, 0.3) is 11.8 Å². The van der Waals surface area contributed by atoms with Crippen molar-refractivity contribution in [3.05, 3.63) is 94.9 Å². The molecule has 1 heterocycles. The van der Waals surface area contributed by atoms with Gasteiger partial charge in [-0.15, -0.1) is 0 Å². The zero-order chi connectivity index (χ0) is 23.7. The van der Waals surface area contributed by atoms with Crippen molar-refractivity contribution in [1.29, 1.82) is 0 Å². The van der Waals surface area contributed by atoms with E-state index in [0.717, 1.165) is 11.1 Å². The van der Waals surface area contributed by atoms with Crippen molar-refractivity contribution in [2.75, 3.05) is 10.2 Å². The minimum Gasteiger partial charge on any atom is -0.491 e. The molecule has 5 nitrogen and oxygen atoms in total. The highest BCUT2D eigenvalue weighted by Crippen LogP contribution is 2.36. The Balaban J connectivity index is 1.80. The third-order valence-corrected chi connectivity index (χ3v) is 5.53. The molecule has 0 radical (unpaired) electrons. The summed E-state index contributed by atoms with van der Waals surface area (Å²) in [5.41, 5.74) is 3.85. The number of halogens is 1. The fraction of sp³-hybridized carbons (Fsp3) is 0.185. The van der Waals surface area contributed by atoms with Crippen molar-refractivity contribution in [3.63, 3.8) is 0 Å².